The fourth-order valence-electron chi connectivity index (χ4n) is 2.96. The molecule has 0 saturated carbocycles. The molecule has 1 aromatic carbocycles. The Labute approximate surface area is 127 Å². The molecule has 1 aliphatic rings. The maximum Gasteiger partial charge on any atom is 0.242 e. The molecule has 1 atom stereocenters. The van der Waals surface area contributed by atoms with E-state index in [4.69, 9.17) is 0 Å². The number of hydrogen-bond donors (Lipinski definition) is 2. The van der Waals surface area contributed by atoms with Crippen molar-refractivity contribution in [2.75, 3.05) is 32.1 Å². The normalized spacial score (nSPS) is 19.7. The van der Waals surface area contributed by atoms with Gasteiger partial charge in [0.15, 0.2) is 0 Å². The van der Waals surface area contributed by atoms with Crippen molar-refractivity contribution >= 4 is 15.7 Å². The first kappa shape index (κ1) is 16.3. The summed E-state index contributed by atoms with van der Waals surface area (Å²) < 4.78 is 26.9. The Kier molecular flexibility index (Phi) is 5.61. The summed E-state index contributed by atoms with van der Waals surface area (Å²) in [5.74, 6) is 0. The Hall–Kier alpha value is -1.11. The third-order valence-electron chi connectivity index (χ3n) is 4.09. The first-order chi connectivity index (χ1) is 10.1. The first-order valence-electron chi connectivity index (χ1n) is 7.54. The monoisotopic (exact) mass is 311 g/mol. The van der Waals surface area contributed by atoms with Gasteiger partial charge >= 0.3 is 0 Å². The van der Waals surface area contributed by atoms with Crippen LogP contribution in [-0.4, -0.2) is 41.6 Å². The van der Waals surface area contributed by atoms with Gasteiger partial charge in [-0.25, -0.2) is 13.1 Å². The highest BCUT2D eigenvalue weighted by atomic mass is 32.2. The highest BCUT2D eigenvalue weighted by molar-refractivity contribution is 7.89. The molecule has 0 bridgehead atoms. The standard InChI is InChI=1S/C15H25N3O2S/c1-16-11-10-13-7-5-6-12-18(13)14-8-3-4-9-15(14)21(19,20)17-2/h3-4,8-9,13,16-17H,5-7,10-12H2,1-2H3. The van der Waals surface area contributed by atoms with E-state index in [1.165, 1.54) is 13.5 Å². The third kappa shape index (κ3) is 3.75. The van der Waals surface area contributed by atoms with Gasteiger partial charge in [-0.3, -0.25) is 0 Å². The minimum atomic E-state index is -3.43. The highest BCUT2D eigenvalue weighted by Gasteiger charge is 2.27. The third-order valence-corrected chi connectivity index (χ3v) is 5.55. The molecule has 0 radical (unpaired) electrons. The number of sulfonamides is 1. The van der Waals surface area contributed by atoms with Crippen LogP contribution in [0.4, 0.5) is 5.69 Å². The van der Waals surface area contributed by atoms with Crippen LogP contribution in [0.3, 0.4) is 0 Å². The van der Waals surface area contributed by atoms with E-state index in [1.54, 1.807) is 12.1 Å². The van der Waals surface area contributed by atoms with Crippen LogP contribution in [0, 0.1) is 0 Å². The van der Waals surface area contributed by atoms with E-state index in [1.807, 2.05) is 19.2 Å². The van der Waals surface area contributed by atoms with Crippen molar-refractivity contribution in [2.45, 2.75) is 36.6 Å². The SMILES string of the molecule is CNCCC1CCCCN1c1ccccc1S(=O)(=O)NC. The minimum absolute atomic E-state index is 0.379. The average Bonchev–Trinajstić information content (AvgIpc) is 2.53. The summed E-state index contributed by atoms with van der Waals surface area (Å²) in [6, 6.07) is 7.69. The van der Waals surface area contributed by atoms with Gasteiger partial charge in [-0.15, -0.1) is 0 Å². The number of nitrogens with one attached hydrogen (secondary N) is 2. The predicted octanol–water partition coefficient (Wildman–Crippen LogP) is 1.56. The topological polar surface area (TPSA) is 61.4 Å². The van der Waals surface area contributed by atoms with Crippen molar-refractivity contribution in [3.8, 4) is 0 Å². The van der Waals surface area contributed by atoms with Crippen molar-refractivity contribution in [1.29, 1.82) is 0 Å². The van der Waals surface area contributed by atoms with Gasteiger partial charge in [-0.05, 0) is 58.5 Å². The lowest BCUT2D eigenvalue weighted by Gasteiger charge is -2.38. The predicted molar refractivity (Wildman–Crippen MR) is 86.2 cm³/mol. The summed E-state index contributed by atoms with van der Waals surface area (Å²) in [6.07, 6.45) is 4.48. The molecule has 6 heteroatoms. The van der Waals surface area contributed by atoms with Crippen molar-refractivity contribution in [3.05, 3.63) is 24.3 Å². The van der Waals surface area contributed by atoms with Gasteiger partial charge in [-0.1, -0.05) is 12.1 Å². The van der Waals surface area contributed by atoms with E-state index in [2.05, 4.69) is 14.9 Å². The molecule has 1 aromatic rings. The molecule has 1 fully saturated rings. The van der Waals surface area contributed by atoms with Crippen LogP contribution in [0.1, 0.15) is 25.7 Å². The summed E-state index contributed by atoms with van der Waals surface area (Å²) in [5, 5.41) is 3.19. The summed E-state index contributed by atoms with van der Waals surface area (Å²) in [7, 11) is -0.0193. The van der Waals surface area contributed by atoms with E-state index in [9.17, 15) is 8.42 Å². The molecule has 21 heavy (non-hydrogen) atoms. The second kappa shape index (κ2) is 7.24. The fraction of sp³-hybridized carbons (Fsp3) is 0.600. The maximum absolute atomic E-state index is 12.2. The molecule has 118 valence electrons. The van der Waals surface area contributed by atoms with Crippen LogP contribution in [0.2, 0.25) is 0 Å². The smallest absolute Gasteiger partial charge is 0.242 e. The first-order valence-corrected chi connectivity index (χ1v) is 9.02. The molecule has 0 aromatic heterocycles. The fourth-order valence-corrected chi connectivity index (χ4v) is 3.90. The van der Waals surface area contributed by atoms with E-state index >= 15 is 0 Å². The van der Waals surface area contributed by atoms with Crippen LogP contribution in [0.25, 0.3) is 0 Å². The molecule has 0 spiro atoms. The Balaban J connectivity index is 2.35. The zero-order valence-corrected chi connectivity index (χ0v) is 13.6. The molecule has 2 N–H and O–H groups in total. The van der Waals surface area contributed by atoms with Crippen molar-refractivity contribution in [1.82, 2.24) is 10.0 Å². The molecule has 1 heterocycles. The lowest BCUT2D eigenvalue weighted by molar-refractivity contribution is 0.431. The van der Waals surface area contributed by atoms with Gasteiger partial charge in [-0.2, -0.15) is 0 Å². The molecular formula is C15H25N3O2S. The molecule has 1 saturated heterocycles. The summed E-state index contributed by atoms with van der Waals surface area (Å²) in [6.45, 7) is 1.87. The van der Waals surface area contributed by atoms with Crippen LogP contribution in [-0.2, 0) is 10.0 Å². The van der Waals surface area contributed by atoms with Gasteiger partial charge in [0.1, 0.15) is 4.90 Å². The van der Waals surface area contributed by atoms with Crippen LogP contribution in [0.5, 0.6) is 0 Å². The quantitative estimate of drug-likeness (QED) is 0.837. The lowest BCUT2D eigenvalue weighted by Crippen LogP contribution is -2.42. The molecular weight excluding hydrogens is 286 g/mol. The zero-order valence-electron chi connectivity index (χ0n) is 12.8. The molecule has 1 unspecified atom stereocenters. The van der Waals surface area contributed by atoms with E-state index < -0.39 is 10.0 Å². The second-order valence-electron chi connectivity index (χ2n) is 5.41. The number of para-hydroxylation sites is 1. The average molecular weight is 311 g/mol. The number of nitrogens with zero attached hydrogens (tertiary/aromatic N) is 1. The molecule has 0 amide bonds. The summed E-state index contributed by atoms with van der Waals surface area (Å²) >= 11 is 0. The van der Waals surface area contributed by atoms with Crippen molar-refractivity contribution in [2.24, 2.45) is 0 Å². The number of anilines is 1. The van der Waals surface area contributed by atoms with Gasteiger partial charge < -0.3 is 10.2 Å². The molecule has 0 aliphatic carbocycles. The van der Waals surface area contributed by atoms with E-state index in [0.717, 1.165) is 38.0 Å². The zero-order chi connectivity index (χ0) is 15.3. The van der Waals surface area contributed by atoms with Crippen molar-refractivity contribution in [3.63, 3.8) is 0 Å². The lowest BCUT2D eigenvalue weighted by atomic mass is 9.98. The van der Waals surface area contributed by atoms with Gasteiger partial charge in [0, 0.05) is 12.6 Å². The number of rotatable bonds is 6. The largest absolute Gasteiger partial charge is 0.367 e. The van der Waals surface area contributed by atoms with Crippen molar-refractivity contribution < 1.29 is 8.42 Å². The second-order valence-corrected chi connectivity index (χ2v) is 7.27. The molecule has 1 aliphatic heterocycles. The highest BCUT2D eigenvalue weighted by Crippen LogP contribution is 2.31. The number of hydrogen-bond acceptors (Lipinski definition) is 4. The Morgan fingerprint density at radius 1 is 1.24 bits per heavy atom. The molecule has 5 nitrogen and oxygen atoms in total. The van der Waals surface area contributed by atoms with Gasteiger partial charge in [0.25, 0.3) is 0 Å². The van der Waals surface area contributed by atoms with E-state index in [-0.39, 0.29) is 0 Å². The number of piperidine rings is 1. The van der Waals surface area contributed by atoms with Gasteiger partial charge in [0.2, 0.25) is 10.0 Å². The number of benzene rings is 1. The Morgan fingerprint density at radius 3 is 2.71 bits per heavy atom. The summed E-state index contributed by atoms with van der Waals surface area (Å²) in [5.41, 5.74) is 0.827. The maximum atomic E-state index is 12.2. The van der Waals surface area contributed by atoms with Crippen LogP contribution < -0.4 is 14.9 Å². The Bertz CT molecular complexity index is 560. The van der Waals surface area contributed by atoms with Crippen LogP contribution in [0.15, 0.2) is 29.2 Å². The van der Waals surface area contributed by atoms with E-state index in [0.29, 0.717) is 10.9 Å². The molecule has 2 rings (SSSR count). The summed E-state index contributed by atoms with van der Waals surface area (Å²) in [4.78, 5) is 2.65. The van der Waals surface area contributed by atoms with Gasteiger partial charge in [0.05, 0.1) is 5.69 Å². The Morgan fingerprint density at radius 2 is 2.00 bits per heavy atom. The minimum Gasteiger partial charge on any atom is -0.367 e. The van der Waals surface area contributed by atoms with Crippen LogP contribution >= 0.6 is 0 Å².